The average molecular weight is 116 g/mol. The minimum atomic E-state index is -0.375. The Labute approximate surface area is 49.3 Å². The highest BCUT2D eigenvalue weighted by Gasteiger charge is 2.06. The van der Waals surface area contributed by atoms with Gasteiger partial charge in [-0.05, 0) is 14.0 Å². The van der Waals surface area contributed by atoms with E-state index < -0.39 is 0 Å². The van der Waals surface area contributed by atoms with Gasteiger partial charge in [0, 0.05) is 6.04 Å². The van der Waals surface area contributed by atoms with E-state index in [2.05, 4.69) is 5.32 Å². The Morgan fingerprint density at radius 3 is 2.38 bits per heavy atom. The van der Waals surface area contributed by atoms with Crippen molar-refractivity contribution in [3.05, 3.63) is 0 Å². The topological polar surface area (TPSA) is 55.1 Å². The Hall–Kier alpha value is -0.410. The van der Waals surface area contributed by atoms with Gasteiger partial charge in [0.1, 0.15) is 6.29 Å². The molecule has 0 aliphatic heterocycles. The molecule has 0 aliphatic carbocycles. The predicted molar refractivity (Wildman–Crippen MR) is 32.6 cm³/mol. The Balaban J connectivity index is 3.44. The summed E-state index contributed by atoms with van der Waals surface area (Å²) in [4.78, 5) is 9.94. The minimum absolute atomic E-state index is 0.0764. The predicted octanol–water partition coefficient (Wildman–Crippen LogP) is -0.879. The number of carbonyl (C=O) groups is 1. The van der Waals surface area contributed by atoms with Crippen molar-refractivity contribution in [2.45, 2.75) is 19.0 Å². The standard InChI is InChI=1S/C5H12N2O/c1-4(7-2)5(6)3-8/h3-5,7H,6H2,1-2H3/t4?,5-/m0/s1. The van der Waals surface area contributed by atoms with E-state index in [1.807, 2.05) is 6.92 Å². The third kappa shape index (κ3) is 2.04. The maximum atomic E-state index is 9.94. The van der Waals surface area contributed by atoms with Crippen molar-refractivity contribution >= 4 is 6.29 Å². The molecule has 0 bridgehead atoms. The molecular weight excluding hydrogens is 104 g/mol. The van der Waals surface area contributed by atoms with Gasteiger partial charge >= 0.3 is 0 Å². The van der Waals surface area contributed by atoms with E-state index in [4.69, 9.17) is 5.73 Å². The zero-order valence-electron chi connectivity index (χ0n) is 5.22. The number of carbonyl (C=O) groups excluding carboxylic acids is 1. The van der Waals surface area contributed by atoms with Gasteiger partial charge < -0.3 is 15.8 Å². The number of aldehydes is 1. The molecule has 0 aliphatic rings. The molecule has 1 unspecified atom stereocenters. The molecule has 0 saturated carbocycles. The van der Waals surface area contributed by atoms with Crippen LogP contribution in [0.4, 0.5) is 0 Å². The van der Waals surface area contributed by atoms with Gasteiger partial charge in [-0.3, -0.25) is 0 Å². The summed E-state index contributed by atoms with van der Waals surface area (Å²) in [7, 11) is 1.77. The lowest BCUT2D eigenvalue weighted by molar-refractivity contribution is -0.109. The monoisotopic (exact) mass is 116 g/mol. The molecule has 3 heteroatoms. The fraction of sp³-hybridized carbons (Fsp3) is 0.800. The highest BCUT2D eigenvalue weighted by Crippen LogP contribution is 1.80. The van der Waals surface area contributed by atoms with Crippen molar-refractivity contribution in [1.82, 2.24) is 5.32 Å². The fourth-order valence-electron chi connectivity index (χ4n) is 0.310. The van der Waals surface area contributed by atoms with Gasteiger partial charge in [-0.15, -0.1) is 0 Å². The summed E-state index contributed by atoms with van der Waals surface area (Å²) in [6.07, 6.45) is 0.737. The Bertz CT molecular complexity index is 74.8. The van der Waals surface area contributed by atoms with E-state index in [1.54, 1.807) is 7.05 Å². The van der Waals surface area contributed by atoms with Gasteiger partial charge in [0.2, 0.25) is 0 Å². The summed E-state index contributed by atoms with van der Waals surface area (Å²) in [5.74, 6) is 0. The van der Waals surface area contributed by atoms with Crippen LogP contribution in [0.3, 0.4) is 0 Å². The van der Waals surface area contributed by atoms with E-state index in [0.29, 0.717) is 0 Å². The van der Waals surface area contributed by atoms with Gasteiger partial charge in [0.25, 0.3) is 0 Å². The quantitative estimate of drug-likeness (QED) is 0.471. The highest BCUT2D eigenvalue weighted by atomic mass is 16.1. The van der Waals surface area contributed by atoms with Crippen molar-refractivity contribution in [1.29, 1.82) is 0 Å². The first kappa shape index (κ1) is 7.59. The maximum Gasteiger partial charge on any atom is 0.138 e. The largest absolute Gasteiger partial charge is 0.320 e. The highest BCUT2D eigenvalue weighted by molar-refractivity contribution is 5.58. The Kier molecular flexibility index (Phi) is 3.39. The summed E-state index contributed by atoms with van der Waals surface area (Å²) < 4.78 is 0. The van der Waals surface area contributed by atoms with Crippen molar-refractivity contribution in [3.63, 3.8) is 0 Å². The molecule has 0 aromatic heterocycles. The zero-order valence-corrected chi connectivity index (χ0v) is 5.22. The van der Waals surface area contributed by atoms with E-state index in [-0.39, 0.29) is 12.1 Å². The summed E-state index contributed by atoms with van der Waals surface area (Å²) >= 11 is 0. The second kappa shape index (κ2) is 3.57. The second-order valence-electron chi connectivity index (χ2n) is 1.79. The van der Waals surface area contributed by atoms with Crippen LogP contribution in [0.1, 0.15) is 6.92 Å². The SMILES string of the molecule is CNC(C)[C@@H](N)C=O. The molecule has 3 nitrogen and oxygen atoms in total. The fourth-order valence-corrected chi connectivity index (χ4v) is 0.310. The van der Waals surface area contributed by atoms with Gasteiger partial charge in [0.05, 0.1) is 6.04 Å². The molecule has 0 spiro atoms. The van der Waals surface area contributed by atoms with Crippen molar-refractivity contribution < 1.29 is 4.79 Å². The first-order valence-electron chi connectivity index (χ1n) is 2.60. The van der Waals surface area contributed by atoms with Crippen molar-refractivity contribution in [3.8, 4) is 0 Å². The Morgan fingerprint density at radius 2 is 2.25 bits per heavy atom. The number of nitrogens with two attached hydrogens (primary N) is 1. The maximum absolute atomic E-state index is 9.94. The summed E-state index contributed by atoms with van der Waals surface area (Å²) in [5.41, 5.74) is 5.30. The lowest BCUT2D eigenvalue weighted by Gasteiger charge is -2.11. The molecule has 0 amide bonds. The van der Waals surface area contributed by atoms with E-state index >= 15 is 0 Å². The third-order valence-corrected chi connectivity index (χ3v) is 1.19. The van der Waals surface area contributed by atoms with E-state index in [9.17, 15) is 4.79 Å². The molecular formula is C5H12N2O. The first-order valence-corrected chi connectivity index (χ1v) is 2.60. The van der Waals surface area contributed by atoms with Crippen LogP contribution >= 0.6 is 0 Å². The van der Waals surface area contributed by atoms with Crippen LogP contribution in [0.5, 0.6) is 0 Å². The lowest BCUT2D eigenvalue weighted by Crippen LogP contribution is -2.42. The Morgan fingerprint density at radius 1 is 1.75 bits per heavy atom. The van der Waals surface area contributed by atoms with E-state index in [1.165, 1.54) is 0 Å². The van der Waals surface area contributed by atoms with Crippen LogP contribution in [-0.4, -0.2) is 25.4 Å². The van der Waals surface area contributed by atoms with Crippen LogP contribution in [0.25, 0.3) is 0 Å². The molecule has 0 rings (SSSR count). The van der Waals surface area contributed by atoms with Gasteiger partial charge in [0.15, 0.2) is 0 Å². The van der Waals surface area contributed by atoms with Crippen LogP contribution in [0, 0.1) is 0 Å². The number of likely N-dealkylation sites (N-methyl/N-ethyl adjacent to an activating group) is 1. The number of hydrogen-bond acceptors (Lipinski definition) is 3. The van der Waals surface area contributed by atoms with Crippen molar-refractivity contribution in [2.75, 3.05) is 7.05 Å². The first-order chi connectivity index (χ1) is 3.72. The molecule has 0 aromatic carbocycles. The van der Waals surface area contributed by atoms with Gasteiger partial charge in [-0.1, -0.05) is 0 Å². The summed E-state index contributed by atoms with van der Waals surface area (Å²) in [6.45, 7) is 1.86. The average Bonchev–Trinajstić information content (AvgIpc) is 1.84. The number of hydrogen-bond donors (Lipinski definition) is 2. The van der Waals surface area contributed by atoms with Crippen LogP contribution in [-0.2, 0) is 4.79 Å². The van der Waals surface area contributed by atoms with Crippen molar-refractivity contribution in [2.24, 2.45) is 5.73 Å². The smallest absolute Gasteiger partial charge is 0.138 e. The normalized spacial score (nSPS) is 17.4. The number of nitrogens with one attached hydrogen (secondary N) is 1. The summed E-state index contributed by atoms with van der Waals surface area (Å²) in [5, 5.41) is 2.86. The molecule has 0 saturated heterocycles. The van der Waals surface area contributed by atoms with Gasteiger partial charge in [-0.25, -0.2) is 0 Å². The number of rotatable bonds is 3. The molecule has 0 radical (unpaired) electrons. The molecule has 48 valence electrons. The zero-order chi connectivity index (χ0) is 6.57. The van der Waals surface area contributed by atoms with Gasteiger partial charge in [-0.2, -0.15) is 0 Å². The molecule has 8 heavy (non-hydrogen) atoms. The lowest BCUT2D eigenvalue weighted by atomic mass is 10.2. The van der Waals surface area contributed by atoms with E-state index in [0.717, 1.165) is 6.29 Å². The third-order valence-electron chi connectivity index (χ3n) is 1.19. The molecule has 0 aromatic rings. The molecule has 0 fully saturated rings. The van der Waals surface area contributed by atoms with Crippen LogP contribution in [0.2, 0.25) is 0 Å². The molecule has 0 heterocycles. The minimum Gasteiger partial charge on any atom is -0.320 e. The molecule has 2 atom stereocenters. The van der Waals surface area contributed by atoms with Crippen LogP contribution < -0.4 is 11.1 Å². The molecule has 3 N–H and O–H groups in total. The van der Waals surface area contributed by atoms with Crippen LogP contribution in [0.15, 0.2) is 0 Å². The second-order valence-corrected chi connectivity index (χ2v) is 1.79. The summed E-state index contributed by atoms with van der Waals surface area (Å²) in [6, 6.07) is -0.299.